The van der Waals surface area contributed by atoms with Crippen LogP contribution in [-0.2, 0) is 16.0 Å². The number of aromatic nitrogens is 1. The molecule has 3 aromatic rings. The predicted molar refractivity (Wildman–Crippen MR) is 112 cm³/mol. The average molecular weight is 405 g/mol. The van der Waals surface area contributed by atoms with E-state index in [9.17, 15) is 14.4 Å². The fourth-order valence-electron chi connectivity index (χ4n) is 3.46. The third-order valence-corrected chi connectivity index (χ3v) is 4.71. The fourth-order valence-corrected chi connectivity index (χ4v) is 3.46. The number of nitrogens with zero attached hydrogens (tertiary/aromatic N) is 1. The van der Waals surface area contributed by atoms with Crippen LogP contribution < -0.4 is 11.1 Å². The summed E-state index contributed by atoms with van der Waals surface area (Å²) in [7, 11) is 0. The second-order valence-corrected chi connectivity index (χ2v) is 7.29. The zero-order valence-electron chi connectivity index (χ0n) is 17.1. The number of rotatable bonds is 7. The molecule has 1 atom stereocenters. The number of aryl methyl sites for hydroxylation is 3. The van der Waals surface area contributed by atoms with Gasteiger partial charge in [0.15, 0.2) is 5.76 Å². The van der Waals surface area contributed by atoms with Crippen molar-refractivity contribution in [2.75, 3.05) is 0 Å². The monoisotopic (exact) mass is 405 g/mol. The van der Waals surface area contributed by atoms with Crippen molar-refractivity contribution in [3.63, 3.8) is 0 Å². The van der Waals surface area contributed by atoms with E-state index in [2.05, 4.69) is 10.5 Å². The van der Waals surface area contributed by atoms with Gasteiger partial charge in [-0.05, 0) is 26.3 Å². The molecule has 3 rings (SSSR count). The molecule has 154 valence electrons. The highest BCUT2D eigenvalue weighted by molar-refractivity contribution is 6.38. The Morgan fingerprint density at radius 2 is 1.67 bits per heavy atom. The Hall–Kier alpha value is -3.74. The number of nitrogens with one attached hydrogen (secondary N) is 1. The Kier molecular flexibility index (Phi) is 6.11. The van der Waals surface area contributed by atoms with E-state index in [1.807, 2.05) is 50.2 Å². The topological polar surface area (TPSA) is 115 Å². The maximum absolute atomic E-state index is 13.1. The van der Waals surface area contributed by atoms with Gasteiger partial charge in [-0.15, -0.1) is 0 Å². The van der Waals surface area contributed by atoms with E-state index in [-0.39, 0.29) is 12.0 Å². The van der Waals surface area contributed by atoms with Crippen molar-refractivity contribution in [3.05, 3.63) is 76.5 Å². The highest BCUT2D eigenvalue weighted by atomic mass is 16.5. The zero-order valence-corrected chi connectivity index (χ0v) is 17.1. The SMILES string of the molecule is Cc1cc(C)cc(C[C@H](NC(=O)c2c(C)noc2-c2ccccc2)C(=O)C(N)=O)c1. The van der Waals surface area contributed by atoms with Crippen LogP contribution in [0.25, 0.3) is 11.3 Å². The van der Waals surface area contributed by atoms with Gasteiger partial charge < -0.3 is 15.6 Å². The first-order valence-electron chi connectivity index (χ1n) is 9.49. The molecule has 7 nitrogen and oxygen atoms in total. The number of carbonyl (C=O) groups is 3. The number of primary amides is 1. The van der Waals surface area contributed by atoms with Gasteiger partial charge in [0.1, 0.15) is 11.6 Å². The normalized spacial score (nSPS) is 11.7. The summed E-state index contributed by atoms with van der Waals surface area (Å²) in [4.78, 5) is 37.1. The van der Waals surface area contributed by atoms with Crippen LogP contribution in [0.4, 0.5) is 0 Å². The summed E-state index contributed by atoms with van der Waals surface area (Å²) in [6, 6.07) is 13.8. The van der Waals surface area contributed by atoms with Gasteiger partial charge in [-0.25, -0.2) is 0 Å². The molecule has 0 aliphatic heterocycles. The van der Waals surface area contributed by atoms with Gasteiger partial charge in [-0.1, -0.05) is 64.8 Å². The molecule has 0 saturated carbocycles. The highest BCUT2D eigenvalue weighted by Gasteiger charge is 2.29. The predicted octanol–water partition coefficient (Wildman–Crippen LogP) is 2.66. The van der Waals surface area contributed by atoms with E-state index in [0.717, 1.165) is 16.7 Å². The molecule has 0 bridgehead atoms. The highest BCUT2D eigenvalue weighted by Crippen LogP contribution is 2.26. The van der Waals surface area contributed by atoms with E-state index in [4.69, 9.17) is 10.3 Å². The summed E-state index contributed by atoms with van der Waals surface area (Å²) in [5.74, 6) is -2.23. The molecule has 0 aliphatic rings. The van der Waals surface area contributed by atoms with Crippen LogP contribution in [0.3, 0.4) is 0 Å². The quantitative estimate of drug-likeness (QED) is 0.587. The lowest BCUT2D eigenvalue weighted by Crippen LogP contribution is -2.47. The van der Waals surface area contributed by atoms with E-state index in [1.54, 1.807) is 19.1 Å². The van der Waals surface area contributed by atoms with Gasteiger partial charge in [0.25, 0.3) is 11.8 Å². The summed E-state index contributed by atoms with van der Waals surface area (Å²) < 4.78 is 5.35. The first-order valence-corrected chi connectivity index (χ1v) is 9.49. The van der Waals surface area contributed by atoms with Gasteiger partial charge in [-0.3, -0.25) is 14.4 Å². The van der Waals surface area contributed by atoms with Gasteiger partial charge in [0, 0.05) is 12.0 Å². The van der Waals surface area contributed by atoms with Crippen LogP contribution in [0.2, 0.25) is 0 Å². The van der Waals surface area contributed by atoms with Crippen LogP contribution in [0.15, 0.2) is 53.1 Å². The van der Waals surface area contributed by atoms with Gasteiger partial charge >= 0.3 is 0 Å². The third-order valence-electron chi connectivity index (χ3n) is 4.71. The summed E-state index contributed by atoms with van der Waals surface area (Å²) in [6.07, 6.45) is 0.140. The Labute approximate surface area is 174 Å². The molecule has 0 aliphatic carbocycles. The van der Waals surface area contributed by atoms with Crippen molar-refractivity contribution in [3.8, 4) is 11.3 Å². The van der Waals surface area contributed by atoms with Crippen LogP contribution in [0, 0.1) is 20.8 Å². The lowest BCUT2D eigenvalue weighted by atomic mass is 9.98. The molecule has 0 fully saturated rings. The number of carbonyl (C=O) groups excluding carboxylic acids is 3. The first kappa shape index (κ1) is 21.0. The molecule has 2 amide bonds. The first-order chi connectivity index (χ1) is 14.3. The molecule has 0 radical (unpaired) electrons. The van der Waals surface area contributed by atoms with E-state index in [1.165, 1.54) is 0 Å². The van der Waals surface area contributed by atoms with Crippen LogP contribution in [-0.4, -0.2) is 28.8 Å². The molecule has 0 unspecified atom stereocenters. The molecule has 0 saturated heterocycles. The van der Waals surface area contributed by atoms with E-state index < -0.39 is 23.6 Å². The molecule has 2 aromatic carbocycles. The Morgan fingerprint density at radius 1 is 1.03 bits per heavy atom. The smallest absolute Gasteiger partial charge is 0.287 e. The van der Waals surface area contributed by atoms with Crippen molar-refractivity contribution in [2.24, 2.45) is 5.73 Å². The third kappa shape index (κ3) is 4.63. The summed E-state index contributed by atoms with van der Waals surface area (Å²) in [5.41, 5.74) is 9.34. The number of Topliss-reactive ketones (excluding diaryl/α,β-unsaturated/α-hetero) is 1. The summed E-state index contributed by atoms with van der Waals surface area (Å²) in [5, 5.41) is 6.55. The summed E-state index contributed by atoms with van der Waals surface area (Å²) >= 11 is 0. The van der Waals surface area contributed by atoms with Crippen molar-refractivity contribution in [2.45, 2.75) is 33.2 Å². The second kappa shape index (κ2) is 8.73. The second-order valence-electron chi connectivity index (χ2n) is 7.29. The van der Waals surface area contributed by atoms with Crippen LogP contribution in [0.1, 0.15) is 32.7 Å². The maximum Gasteiger partial charge on any atom is 0.287 e. The number of hydrogen-bond acceptors (Lipinski definition) is 5. The number of hydrogen-bond donors (Lipinski definition) is 2. The number of amides is 2. The number of ketones is 1. The molecule has 3 N–H and O–H groups in total. The minimum absolute atomic E-state index is 0.140. The Morgan fingerprint density at radius 3 is 2.27 bits per heavy atom. The molecule has 1 aromatic heterocycles. The van der Waals surface area contributed by atoms with E-state index >= 15 is 0 Å². The van der Waals surface area contributed by atoms with E-state index in [0.29, 0.717) is 17.0 Å². The number of nitrogens with two attached hydrogens (primary N) is 1. The van der Waals surface area contributed by atoms with Crippen molar-refractivity contribution >= 4 is 17.6 Å². The minimum atomic E-state index is -1.10. The largest absolute Gasteiger partial charge is 0.363 e. The maximum atomic E-state index is 13.1. The van der Waals surface area contributed by atoms with Gasteiger partial charge in [0.2, 0.25) is 5.78 Å². The Bertz CT molecular complexity index is 1080. The lowest BCUT2D eigenvalue weighted by Gasteiger charge is -2.17. The summed E-state index contributed by atoms with van der Waals surface area (Å²) in [6.45, 7) is 5.51. The average Bonchev–Trinajstić information content (AvgIpc) is 3.08. The van der Waals surface area contributed by atoms with Gasteiger partial charge in [-0.2, -0.15) is 0 Å². The fraction of sp³-hybridized carbons (Fsp3) is 0.217. The molecular weight excluding hydrogens is 382 g/mol. The molecule has 30 heavy (non-hydrogen) atoms. The molecule has 7 heteroatoms. The molecular formula is C23H23N3O4. The zero-order chi connectivity index (χ0) is 21.8. The lowest BCUT2D eigenvalue weighted by molar-refractivity contribution is -0.137. The standard InChI is InChI=1S/C23H23N3O4/c1-13-9-14(2)11-16(10-13)12-18(20(27)22(24)28)25-23(29)19-15(3)26-30-21(19)17-7-5-4-6-8-17/h4-11,18H,12H2,1-3H3,(H2,24,28)(H,25,29)/t18-/m0/s1. The van der Waals surface area contributed by atoms with Crippen molar-refractivity contribution in [1.29, 1.82) is 0 Å². The van der Waals surface area contributed by atoms with Crippen LogP contribution in [0.5, 0.6) is 0 Å². The molecule has 0 spiro atoms. The van der Waals surface area contributed by atoms with Crippen LogP contribution >= 0.6 is 0 Å². The number of benzene rings is 2. The molecule has 1 heterocycles. The Balaban J connectivity index is 1.92. The van der Waals surface area contributed by atoms with Crippen molar-refractivity contribution < 1.29 is 18.9 Å². The minimum Gasteiger partial charge on any atom is -0.363 e. The van der Waals surface area contributed by atoms with Crippen molar-refractivity contribution in [1.82, 2.24) is 10.5 Å². The van der Waals surface area contributed by atoms with Gasteiger partial charge in [0.05, 0.1) is 5.69 Å².